The predicted molar refractivity (Wildman–Crippen MR) is 67.5 cm³/mol. The fourth-order valence-electron chi connectivity index (χ4n) is 3.39. The lowest BCUT2D eigenvalue weighted by Gasteiger charge is -2.38. The first-order chi connectivity index (χ1) is 7.78. The number of rotatable bonds is 1. The zero-order valence-corrected chi connectivity index (χ0v) is 10.00. The average Bonchev–Trinajstić information content (AvgIpc) is 2.28. The number of nitrogens with zero attached hydrogens (tertiary/aromatic N) is 1. The van der Waals surface area contributed by atoms with Gasteiger partial charge in [-0.25, -0.2) is 0 Å². The van der Waals surface area contributed by atoms with Crippen LogP contribution in [0, 0.1) is 0 Å². The number of anilines is 1. The van der Waals surface area contributed by atoms with E-state index in [0.29, 0.717) is 0 Å². The molecule has 0 amide bonds. The summed E-state index contributed by atoms with van der Waals surface area (Å²) in [4.78, 5) is 2.54. The van der Waals surface area contributed by atoms with Crippen molar-refractivity contribution in [3.63, 3.8) is 0 Å². The highest BCUT2D eigenvalue weighted by Crippen LogP contribution is 2.39. The fourth-order valence-corrected chi connectivity index (χ4v) is 3.39. The van der Waals surface area contributed by atoms with Crippen LogP contribution < -0.4 is 5.73 Å². The van der Waals surface area contributed by atoms with Crippen molar-refractivity contribution >= 4 is 5.69 Å². The summed E-state index contributed by atoms with van der Waals surface area (Å²) < 4.78 is 0. The quantitative estimate of drug-likeness (QED) is 0.731. The van der Waals surface area contributed by atoms with E-state index < -0.39 is 0 Å². The summed E-state index contributed by atoms with van der Waals surface area (Å²) >= 11 is 0. The molecule has 2 aliphatic rings. The molecule has 0 spiro atoms. The molecule has 2 nitrogen and oxygen atoms in total. The Hall–Kier alpha value is -1.02. The van der Waals surface area contributed by atoms with Gasteiger partial charge in [0.2, 0.25) is 0 Å². The van der Waals surface area contributed by atoms with Crippen LogP contribution in [0.2, 0.25) is 0 Å². The van der Waals surface area contributed by atoms with Crippen LogP contribution >= 0.6 is 0 Å². The smallest absolute Gasteiger partial charge is 0.0320 e. The summed E-state index contributed by atoms with van der Waals surface area (Å²) in [5.41, 5.74) is 11.6. The van der Waals surface area contributed by atoms with Crippen molar-refractivity contribution in [3.8, 4) is 0 Å². The topological polar surface area (TPSA) is 29.3 Å². The number of likely N-dealkylation sites (N-methyl/N-ethyl adjacent to an activating group) is 1. The van der Waals surface area contributed by atoms with Gasteiger partial charge >= 0.3 is 0 Å². The van der Waals surface area contributed by atoms with Crippen molar-refractivity contribution in [2.45, 2.75) is 38.6 Å². The highest BCUT2D eigenvalue weighted by molar-refractivity contribution is 5.52. The zero-order valence-electron chi connectivity index (χ0n) is 10.00. The van der Waals surface area contributed by atoms with Crippen molar-refractivity contribution in [2.75, 3.05) is 18.8 Å². The van der Waals surface area contributed by atoms with Crippen molar-refractivity contribution in [1.29, 1.82) is 0 Å². The van der Waals surface area contributed by atoms with Gasteiger partial charge in [0.1, 0.15) is 0 Å². The number of benzene rings is 1. The minimum absolute atomic E-state index is 0.771. The molecule has 0 saturated carbocycles. The van der Waals surface area contributed by atoms with E-state index in [0.717, 1.165) is 24.7 Å². The molecule has 1 aliphatic carbocycles. The van der Waals surface area contributed by atoms with Crippen molar-refractivity contribution in [2.24, 2.45) is 0 Å². The molecule has 2 N–H and O–H groups in total. The van der Waals surface area contributed by atoms with Crippen LogP contribution in [-0.4, -0.2) is 18.0 Å². The van der Waals surface area contributed by atoms with Crippen LogP contribution in [0.25, 0.3) is 0 Å². The summed E-state index contributed by atoms with van der Waals surface area (Å²) in [5.74, 6) is 0.771. The third kappa shape index (κ3) is 1.52. The van der Waals surface area contributed by atoms with Crippen LogP contribution in [0.1, 0.15) is 42.4 Å². The van der Waals surface area contributed by atoms with Gasteiger partial charge in [-0.15, -0.1) is 0 Å². The highest BCUT2D eigenvalue weighted by Gasteiger charge is 2.29. The van der Waals surface area contributed by atoms with E-state index in [-0.39, 0.29) is 0 Å². The molecular formula is C14H20N2. The molecule has 1 aromatic rings. The van der Waals surface area contributed by atoms with Gasteiger partial charge < -0.3 is 5.73 Å². The first-order valence-corrected chi connectivity index (χ1v) is 6.41. The molecule has 1 aliphatic heterocycles. The van der Waals surface area contributed by atoms with Gasteiger partial charge in [-0.2, -0.15) is 0 Å². The Balaban J connectivity index is 2.09. The van der Waals surface area contributed by atoms with E-state index in [9.17, 15) is 0 Å². The third-order valence-corrected chi connectivity index (χ3v) is 4.10. The van der Waals surface area contributed by atoms with Gasteiger partial charge in [0.05, 0.1) is 0 Å². The molecule has 2 heteroatoms. The number of nitrogens with two attached hydrogens (primary N) is 1. The minimum atomic E-state index is 0.771. The Bertz CT molecular complexity index is 411. The van der Waals surface area contributed by atoms with Gasteiger partial charge in [0.15, 0.2) is 0 Å². The van der Waals surface area contributed by atoms with Gasteiger partial charge in [-0.05, 0) is 60.5 Å². The molecule has 1 heterocycles. The Morgan fingerprint density at radius 1 is 1.38 bits per heavy atom. The van der Waals surface area contributed by atoms with Gasteiger partial charge in [-0.3, -0.25) is 4.90 Å². The molecule has 3 rings (SSSR count). The standard InChI is InChI=1S/C14H20N2/c1-2-16-8-11-5-3-4-10-6-13(15)7-12(9-16)14(10)11/h6-7,11H,2-5,8-9,15H2,1H3. The summed E-state index contributed by atoms with van der Waals surface area (Å²) in [6.45, 7) is 5.75. The SMILES string of the molecule is CCN1Cc2cc(N)cc3c2C(CCC3)C1. The minimum Gasteiger partial charge on any atom is -0.399 e. The molecule has 0 saturated heterocycles. The van der Waals surface area contributed by atoms with Crippen LogP contribution in [0.3, 0.4) is 0 Å². The maximum atomic E-state index is 6.00. The van der Waals surface area contributed by atoms with Crippen LogP contribution in [-0.2, 0) is 13.0 Å². The monoisotopic (exact) mass is 216 g/mol. The number of nitrogen functional groups attached to an aromatic ring is 1. The third-order valence-electron chi connectivity index (χ3n) is 4.10. The maximum absolute atomic E-state index is 6.00. The van der Waals surface area contributed by atoms with Crippen LogP contribution in [0.4, 0.5) is 5.69 Å². The molecule has 0 aromatic heterocycles. The van der Waals surface area contributed by atoms with E-state index in [2.05, 4.69) is 24.0 Å². The van der Waals surface area contributed by atoms with E-state index in [1.165, 1.54) is 36.9 Å². The lowest BCUT2D eigenvalue weighted by atomic mass is 9.77. The van der Waals surface area contributed by atoms with E-state index >= 15 is 0 Å². The summed E-state index contributed by atoms with van der Waals surface area (Å²) in [6, 6.07) is 4.39. The van der Waals surface area contributed by atoms with Gasteiger partial charge in [0.25, 0.3) is 0 Å². The molecule has 86 valence electrons. The molecule has 1 unspecified atom stereocenters. The first-order valence-electron chi connectivity index (χ1n) is 6.41. The highest BCUT2D eigenvalue weighted by atomic mass is 15.1. The van der Waals surface area contributed by atoms with Crippen LogP contribution in [0.5, 0.6) is 0 Å². The zero-order chi connectivity index (χ0) is 11.1. The Labute approximate surface area is 97.4 Å². The predicted octanol–water partition coefficient (Wildman–Crippen LogP) is 2.52. The number of hydrogen-bond acceptors (Lipinski definition) is 2. The Kier molecular flexibility index (Phi) is 2.40. The maximum Gasteiger partial charge on any atom is 0.0320 e. The summed E-state index contributed by atoms with van der Waals surface area (Å²) in [7, 11) is 0. The van der Waals surface area contributed by atoms with E-state index in [1.807, 2.05) is 0 Å². The Morgan fingerprint density at radius 2 is 2.19 bits per heavy atom. The molecule has 1 atom stereocenters. The normalized spacial score (nSPS) is 24.2. The number of aryl methyl sites for hydroxylation is 1. The summed E-state index contributed by atoms with van der Waals surface area (Å²) in [6.07, 6.45) is 3.93. The second-order valence-electron chi connectivity index (χ2n) is 5.17. The largest absolute Gasteiger partial charge is 0.399 e. The molecule has 16 heavy (non-hydrogen) atoms. The molecule has 0 fully saturated rings. The molecule has 0 radical (unpaired) electrons. The van der Waals surface area contributed by atoms with Crippen LogP contribution in [0.15, 0.2) is 12.1 Å². The lowest BCUT2D eigenvalue weighted by Crippen LogP contribution is -2.35. The lowest BCUT2D eigenvalue weighted by molar-refractivity contribution is 0.231. The molecular weight excluding hydrogens is 196 g/mol. The van der Waals surface area contributed by atoms with E-state index in [1.54, 1.807) is 5.56 Å². The van der Waals surface area contributed by atoms with Crippen molar-refractivity contribution in [1.82, 2.24) is 4.90 Å². The average molecular weight is 216 g/mol. The second kappa shape index (κ2) is 3.77. The second-order valence-corrected chi connectivity index (χ2v) is 5.17. The first kappa shape index (κ1) is 10.2. The van der Waals surface area contributed by atoms with Crippen molar-refractivity contribution in [3.05, 3.63) is 28.8 Å². The number of hydrogen-bond donors (Lipinski definition) is 1. The van der Waals surface area contributed by atoms with Gasteiger partial charge in [0, 0.05) is 18.8 Å². The van der Waals surface area contributed by atoms with Gasteiger partial charge in [-0.1, -0.05) is 6.92 Å². The summed E-state index contributed by atoms with van der Waals surface area (Å²) in [5, 5.41) is 0. The van der Waals surface area contributed by atoms with E-state index in [4.69, 9.17) is 5.73 Å². The fraction of sp³-hybridized carbons (Fsp3) is 0.571. The van der Waals surface area contributed by atoms with Crippen molar-refractivity contribution < 1.29 is 0 Å². The Morgan fingerprint density at radius 3 is 3.00 bits per heavy atom. The molecule has 1 aromatic carbocycles. The molecule has 0 bridgehead atoms.